The minimum atomic E-state index is -2.52. The normalized spacial score (nSPS) is 26.5. The van der Waals surface area contributed by atoms with Crippen LogP contribution >= 0.6 is 11.6 Å². The Bertz CT molecular complexity index is 311. The molecule has 1 unspecified atom stereocenters. The van der Waals surface area contributed by atoms with Gasteiger partial charge < -0.3 is 0 Å². The van der Waals surface area contributed by atoms with E-state index in [4.69, 9.17) is 11.6 Å². The topological polar surface area (TPSA) is 17.8 Å². The molecule has 1 aromatic rings. The fourth-order valence-corrected chi connectivity index (χ4v) is 1.81. The summed E-state index contributed by atoms with van der Waals surface area (Å²) in [5.41, 5.74) is 0. The summed E-state index contributed by atoms with van der Waals surface area (Å²) in [6.07, 6.45) is 3.37. The van der Waals surface area contributed by atoms with Crippen molar-refractivity contribution in [3.05, 3.63) is 17.4 Å². The Hall–Kier alpha value is -0.640. The van der Waals surface area contributed by atoms with Crippen molar-refractivity contribution in [1.82, 2.24) is 9.78 Å². The first kappa shape index (κ1) is 8.94. The lowest BCUT2D eigenvalue weighted by atomic mass is 10.2. The van der Waals surface area contributed by atoms with Crippen molar-refractivity contribution in [2.45, 2.75) is 31.2 Å². The first-order valence-electron chi connectivity index (χ1n) is 4.14. The summed E-state index contributed by atoms with van der Waals surface area (Å²) in [7, 11) is 0. The Morgan fingerprint density at radius 1 is 1.62 bits per heavy atom. The van der Waals surface area contributed by atoms with E-state index in [1.807, 2.05) is 0 Å². The summed E-state index contributed by atoms with van der Waals surface area (Å²) in [6, 6.07) is -0.192. The molecule has 1 atom stereocenters. The second-order valence-electron chi connectivity index (χ2n) is 3.39. The molecular weight excluding hydrogens is 198 g/mol. The predicted octanol–water partition coefficient (Wildman–Crippen LogP) is 2.90. The van der Waals surface area contributed by atoms with Crippen LogP contribution in [0.5, 0.6) is 0 Å². The molecule has 0 radical (unpaired) electrons. The van der Waals surface area contributed by atoms with Crippen LogP contribution in [0.3, 0.4) is 0 Å². The number of alkyl halides is 2. The quantitative estimate of drug-likeness (QED) is 0.691. The fourth-order valence-electron chi connectivity index (χ4n) is 1.67. The van der Waals surface area contributed by atoms with Gasteiger partial charge in [-0.3, -0.25) is 4.68 Å². The third kappa shape index (κ3) is 1.82. The third-order valence-corrected chi connectivity index (χ3v) is 2.52. The molecule has 1 saturated carbocycles. The zero-order valence-electron chi connectivity index (χ0n) is 6.88. The van der Waals surface area contributed by atoms with Crippen molar-refractivity contribution in [1.29, 1.82) is 0 Å². The summed E-state index contributed by atoms with van der Waals surface area (Å²) in [5, 5.41) is 4.41. The number of nitrogens with zero attached hydrogens (tertiary/aromatic N) is 2. The van der Waals surface area contributed by atoms with Gasteiger partial charge in [0.15, 0.2) is 0 Å². The van der Waals surface area contributed by atoms with Gasteiger partial charge in [0.2, 0.25) is 5.92 Å². The summed E-state index contributed by atoms with van der Waals surface area (Å²) < 4.78 is 27.2. The molecule has 0 N–H and O–H groups in total. The van der Waals surface area contributed by atoms with Crippen LogP contribution < -0.4 is 0 Å². The van der Waals surface area contributed by atoms with Crippen LogP contribution in [0.4, 0.5) is 8.78 Å². The zero-order valence-corrected chi connectivity index (χ0v) is 7.64. The van der Waals surface area contributed by atoms with Gasteiger partial charge in [-0.1, -0.05) is 11.6 Å². The Morgan fingerprint density at radius 2 is 2.38 bits per heavy atom. The van der Waals surface area contributed by atoms with Crippen molar-refractivity contribution in [2.24, 2.45) is 0 Å². The molecule has 1 aliphatic carbocycles. The molecule has 0 bridgehead atoms. The second-order valence-corrected chi connectivity index (χ2v) is 3.83. The molecule has 2 rings (SSSR count). The highest BCUT2D eigenvalue weighted by atomic mass is 35.5. The van der Waals surface area contributed by atoms with Crippen LogP contribution in [0.15, 0.2) is 12.4 Å². The van der Waals surface area contributed by atoms with E-state index in [9.17, 15) is 8.78 Å². The van der Waals surface area contributed by atoms with Gasteiger partial charge in [0.1, 0.15) is 0 Å². The molecule has 1 fully saturated rings. The lowest BCUT2D eigenvalue weighted by Crippen LogP contribution is -2.12. The molecular formula is C8H9ClF2N2. The van der Waals surface area contributed by atoms with Gasteiger partial charge in [-0.2, -0.15) is 5.10 Å². The Labute approximate surface area is 79.5 Å². The summed E-state index contributed by atoms with van der Waals surface area (Å²) in [6.45, 7) is 0. The molecule has 1 aromatic heterocycles. The minimum Gasteiger partial charge on any atom is -0.268 e. The standard InChI is InChI=1S/C8H9ClF2N2/c9-6-4-12-13(5-6)7-1-2-8(10,11)3-7/h4-5,7H,1-3H2. The number of halogens is 3. The summed E-state index contributed by atoms with van der Waals surface area (Å²) >= 11 is 5.64. The Morgan fingerprint density at radius 3 is 2.85 bits per heavy atom. The molecule has 0 saturated heterocycles. The lowest BCUT2D eigenvalue weighted by Gasteiger charge is -2.10. The highest BCUT2D eigenvalue weighted by Gasteiger charge is 2.40. The Balaban J connectivity index is 2.12. The average molecular weight is 207 g/mol. The minimum absolute atomic E-state index is 0.0465. The smallest absolute Gasteiger partial charge is 0.250 e. The molecule has 0 aliphatic heterocycles. The number of rotatable bonds is 1. The molecule has 2 nitrogen and oxygen atoms in total. The highest BCUT2D eigenvalue weighted by Crippen LogP contribution is 2.41. The fraction of sp³-hybridized carbons (Fsp3) is 0.625. The molecule has 72 valence electrons. The first-order valence-corrected chi connectivity index (χ1v) is 4.52. The van der Waals surface area contributed by atoms with E-state index in [-0.39, 0.29) is 18.9 Å². The van der Waals surface area contributed by atoms with Crippen molar-refractivity contribution < 1.29 is 8.78 Å². The highest BCUT2D eigenvalue weighted by molar-refractivity contribution is 6.30. The van der Waals surface area contributed by atoms with E-state index in [0.29, 0.717) is 11.4 Å². The number of hydrogen-bond donors (Lipinski definition) is 0. The maximum absolute atomic E-state index is 12.8. The van der Waals surface area contributed by atoms with Gasteiger partial charge in [0, 0.05) is 19.0 Å². The Kier molecular flexibility index (Phi) is 2.02. The molecule has 13 heavy (non-hydrogen) atoms. The predicted molar refractivity (Wildman–Crippen MR) is 45.1 cm³/mol. The van der Waals surface area contributed by atoms with E-state index < -0.39 is 5.92 Å². The lowest BCUT2D eigenvalue weighted by molar-refractivity contribution is 0.00519. The van der Waals surface area contributed by atoms with Crippen LogP contribution in [-0.2, 0) is 0 Å². The largest absolute Gasteiger partial charge is 0.268 e. The van der Waals surface area contributed by atoms with Crippen molar-refractivity contribution in [3.63, 3.8) is 0 Å². The zero-order chi connectivity index (χ0) is 9.47. The van der Waals surface area contributed by atoms with Gasteiger partial charge in [0.25, 0.3) is 0 Å². The maximum Gasteiger partial charge on any atom is 0.250 e. The van der Waals surface area contributed by atoms with E-state index in [0.717, 1.165) is 0 Å². The van der Waals surface area contributed by atoms with Crippen molar-refractivity contribution in [3.8, 4) is 0 Å². The second kappa shape index (κ2) is 2.94. The number of aromatic nitrogens is 2. The summed E-state index contributed by atoms with van der Waals surface area (Å²) in [4.78, 5) is 0. The van der Waals surface area contributed by atoms with E-state index in [1.165, 1.54) is 10.9 Å². The molecule has 1 aliphatic rings. The molecule has 0 aromatic carbocycles. The van der Waals surface area contributed by atoms with E-state index >= 15 is 0 Å². The van der Waals surface area contributed by atoms with Gasteiger partial charge in [0.05, 0.1) is 17.3 Å². The van der Waals surface area contributed by atoms with Crippen LogP contribution in [0, 0.1) is 0 Å². The van der Waals surface area contributed by atoms with Crippen LogP contribution in [0.25, 0.3) is 0 Å². The maximum atomic E-state index is 12.8. The number of hydrogen-bond acceptors (Lipinski definition) is 1. The first-order chi connectivity index (χ1) is 6.07. The molecule has 0 spiro atoms. The summed E-state index contributed by atoms with van der Waals surface area (Å²) in [5.74, 6) is -2.52. The van der Waals surface area contributed by atoms with Crippen LogP contribution in [-0.4, -0.2) is 15.7 Å². The molecule has 0 amide bonds. The van der Waals surface area contributed by atoms with Crippen molar-refractivity contribution in [2.75, 3.05) is 0 Å². The SMILES string of the molecule is FC1(F)CCC(n2cc(Cl)cn2)C1. The van der Waals surface area contributed by atoms with Gasteiger partial charge in [-0.05, 0) is 6.42 Å². The van der Waals surface area contributed by atoms with Crippen LogP contribution in [0.2, 0.25) is 5.02 Å². The average Bonchev–Trinajstić information content (AvgIpc) is 2.56. The monoisotopic (exact) mass is 206 g/mol. The van der Waals surface area contributed by atoms with Crippen LogP contribution in [0.1, 0.15) is 25.3 Å². The van der Waals surface area contributed by atoms with E-state index in [2.05, 4.69) is 5.10 Å². The van der Waals surface area contributed by atoms with Gasteiger partial charge in [-0.15, -0.1) is 0 Å². The van der Waals surface area contributed by atoms with Gasteiger partial charge in [-0.25, -0.2) is 8.78 Å². The molecule has 5 heteroatoms. The van der Waals surface area contributed by atoms with Crippen molar-refractivity contribution >= 4 is 11.6 Å². The van der Waals surface area contributed by atoms with E-state index in [1.54, 1.807) is 6.20 Å². The van der Waals surface area contributed by atoms with Gasteiger partial charge >= 0.3 is 0 Å². The molecule has 1 heterocycles. The third-order valence-electron chi connectivity index (χ3n) is 2.32.